The van der Waals surface area contributed by atoms with Crippen molar-refractivity contribution in [3.05, 3.63) is 58.9 Å². The summed E-state index contributed by atoms with van der Waals surface area (Å²) in [5.41, 5.74) is 2.11. The Morgan fingerprint density at radius 1 is 1.35 bits per heavy atom. The van der Waals surface area contributed by atoms with Crippen molar-refractivity contribution < 1.29 is 14.1 Å². The number of carbonyl (C=O) groups is 1. The lowest BCUT2D eigenvalue weighted by Crippen LogP contribution is -3.11. The molecule has 2 N–H and O–H groups in total. The first-order chi connectivity index (χ1) is 12.6. The summed E-state index contributed by atoms with van der Waals surface area (Å²) >= 11 is 1.72. The molecule has 0 radical (unpaired) electrons. The molecule has 1 fully saturated rings. The highest BCUT2D eigenvalue weighted by Crippen LogP contribution is 2.28. The van der Waals surface area contributed by atoms with Crippen LogP contribution in [0.1, 0.15) is 29.5 Å². The van der Waals surface area contributed by atoms with E-state index in [1.807, 2.05) is 18.2 Å². The quantitative estimate of drug-likeness (QED) is 0.741. The Morgan fingerprint density at radius 2 is 2.19 bits per heavy atom. The van der Waals surface area contributed by atoms with E-state index < -0.39 is 0 Å². The first-order valence-electron chi connectivity index (χ1n) is 8.86. The van der Waals surface area contributed by atoms with Crippen LogP contribution in [0.5, 0.6) is 0 Å². The molecule has 2 atom stereocenters. The van der Waals surface area contributed by atoms with Gasteiger partial charge in [-0.15, -0.1) is 11.3 Å². The van der Waals surface area contributed by atoms with Gasteiger partial charge in [-0.2, -0.15) is 0 Å². The smallest absolute Gasteiger partial charge is 0.279 e. The van der Waals surface area contributed by atoms with E-state index in [4.69, 9.17) is 4.98 Å². The van der Waals surface area contributed by atoms with Gasteiger partial charge in [0, 0.05) is 18.5 Å². The molecule has 1 saturated heterocycles. The Morgan fingerprint density at radius 3 is 3.00 bits per heavy atom. The van der Waals surface area contributed by atoms with E-state index in [2.05, 4.69) is 11.4 Å². The number of halogens is 1. The molecule has 0 bridgehead atoms. The number of para-hydroxylation sites is 1. The summed E-state index contributed by atoms with van der Waals surface area (Å²) in [4.78, 5) is 18.4. The number of benzene rings is 2. The number of aryl methyl sites for hydroxylation is 1. The molecule has 2 heterocycles. The predicted octanol–water partition coefficient (Wildman–Crippen LogP) is 3.10. The molecular weight excluding hydrogens is 349 g/mol. The molecule has 6 heteroatoms. The zero-order valence-corrected chi connectivity index (χ0v) is 15.4. The number of rotatable bonds is 4. The topological polar surface area (TPSA) is 46.4 Å². The van der Waals surface area contributed by atoms with Crippen LogP contribution in [0.15, 0.2) is 42.5 Å². The van der Waals surface area contributed by atoms with Gasteiger partial charge in [0.05, 0.1) is 16.8 Å². The van der Waals surface area contributed by atoms with Crippen LogP contribution in [0.3, 0.4) is 0 Å². The first-order valence-corrected chi connectivity index (χ1v) is 9.68. The Hall–Kier alpha value is -2.31. The molecule has 3 aromatic rings. The Balaban J connectivity index is 1.46. The maximum atomic E-state index is 13.7. The molecule has 4 rings (SSSR count). The van der Waals surface area contributed by atoms with Gasteiger partial charge >= 0.3 is 0 Å². The summed E-state index contributed by atoms with van der Waals surface area (Å²) < 4.78 is 14.8. The van der Waals surface area contributed by atoms with E-state index in [1.165, 1.54) is 15.7 Å². The molecule has 1 amide bonds. The van der Waals surface area contributed by atoms with E-state index in [1.54, 1.807) is 30.4 Å². The van der Waals surface area contributed by atoms with Crippen molar-refractivity contribution in [3.63, 3.8) is 0 Å². The molecule has 1 unspecified atom stereocenters. The van der Waals surface area contributed by atoms with Crippen LogP contribution in [0.25, 0.3) is 10.2 Å². The number of hydrogen-bond acceptors (Lipinski definition) is 3. The van der Waals surface area contributed by atoms with E-state index in [0.717, 1.165) is 29.9 Å². The minimum atomic E-state index is -0.302. The van der Waals surface area contributed by atoms with Gasteiger partial charge in [-0.25, -0.2) is 9.37 Å². The van der Waals surface area contributed by atoms with E-state index >= 15 is 0 Å². The second kappa shape index (κ2) is 7.13. The molecule has 0 saturated carbocycles. The Labute approximate surface area is 155 Å². The maximum Gasteiger partial charge on any atom is 0.279 e. The molecule has 2 aromatic carbocycles. The van der Waals surface area contributed by atoms with E-state index in [0.29, 0.717) is 17.8 Å². The number of aromatic nitrogens is 1. The molecule has 134 valence electrons. The standard InChI is InChI=1S/C20H20FN3OS/c1-13-8-9-14(11-15(13)21)22-19(25)12-24-10-4-6-17(24)20-23-16-5-2-3-7-18(16)26-20/h2-3,5,7-9,11,17H,4,6,10,12H2,1H3,(H,22,25)/p+1/t17-/m1/s1. The van der Waals surface area contributed by atoms with Gasteiger partial charge in [0.2, 0.25) is 0 Å². The van der Waals surface area contributed by atoms with Crippen molar-refractivity contribution in [2.24, 2.45) is 0 Å². The highest BCUT2D eigenvalue weighted by Gasteiger charge is 2.34. The molecular formula is C20H21FN3OS+. The van der Waals surface area contributed by atoms with Crippen LogP contribution in [0, 0.1) is 12.7 Å². The zero-order valence-electron chi connectivity index (χ0n) is 14.6. The number of carbonyl (C=O) groups excluding carboxylic acids is 1. The van der Waals surface area contributed by atoms with Crippen LogP contribution in [-0.2, 0) is 4.79 Å². The second-order valence-corrected chi connectivity index (χ2v) is 7.87. The third kappa shape index (κ3) is 3.48. The van der Waals surface area contributed by atoms with Gasteiger partial charge in [-0.1, -0.05) is 18.2 Å². The van der Waals surface area contributed by atoms with Crippen LogP contribution in [-0.4, -0.2) is 24.0 Å². The average Bonchev–Trinajstić information content (AvgIpc) is 3.24. The van der Waals surface area contributed by atoms with Crippen molar-refractivity contribution in [2.45, 2.75) is 25.8 Å². The summed E-state index contributed by atoms with van der Waals surface area (Å²) in [6.45, 7) is 3.03. The van der Waals surface area contributed by atoms with Crippen molar-refractivity contribution >= 4 is 33.1 Å². The Kier molecular flexibility index (Phi) is 4.70. The van der Waals surface area contributed by atoms with Crippen molar-refractivity contribution in [3.8, 4) is 0 Å². The van der Waals surface area contributed by atoms with Crippen molar-refractivity contribution in [2.75, 3.05) is 18.4 Å². The molecule has 1 aromatic heterocycles. The Bertz CT molecular complexity index is 922. The summed E-state index contributed by atoms with van der Waals surface area (Å²) in [5.74, 6) is -0.389. The number of anilines is 1. The highest BCUT2D eigenvalue weighted by atomic mass is 32.1. The molecule has 1 aliphatic heterocycles. The van der Waals surface area contributed by atoms with Gasteiger partial charge in [-0.05, 0) is 36.8 Å². The number of likely N-dealkylation sites (tertiary alicyclic amines) is 1. The first kappa shape index (κ1) is 17.1. The van der Waals surface area contributed by atoms with Crippen LogP contribution >= 0.6 is 11.3 Å². The minimum absolute atomic E-state index is 0.0868. The van der Waals surface area contributed by atoms with Gasteiger partial charge in [-0.3, -0.25) is 4.79 Å². The number of fused-ring (bicyclic) bond motifs is 1. The summed E-state index contributed by atoms with van der Waals surface area (Å²) in [6.07, 6.45) is 2.13. The van der Waals surface area contributed by atoms with Gasteiger partial charge in [0.25, 0.3) is 5.91 Å². The normalized spacial score (nSPS) is 19.8. The summed E-state index contributed by atoms with van der Waals surface area (Å²) in [5, 5.41) is 3.92. The predicted molar refractivity (Wildman–Crippen MR) is 102 cm³/mol. The number of nitrogens with zero attached hydrogens (tertiary/aromatic N) is 1. The third-order valence-corrected chi connectivity index (χ3v) is 6.09. The van der Waals surface area contributed by atoms with Gasteiger partial charge in [0.1, 0.15) is 11.9 Å². The lowest BCUT2D eigenvalue weighted by Gasteiger charge is -2.19. The number of hydrogen-bond donors (Lipinski definition) is 2. The fourth-order valence-electron chi connectivity index (χ4n) is 3.54. The SMILES string of the molecule is Cc1ccc(NC(=O)C[NH+]2CCC[C@@H]2c2nc3ccccc3s2)cc1F. The molecule has 0 aliphatic carbocycles. The molecule has 4 nitrogen and oxygen atoms in total. The lowest BCUT2D eigenvalue weighted by atomic mass is 10.2. The number of quaternary nitrogens is 1. The number of thiazole rings is 1. The fourth-order valence-corrected chi connectivity index (χ4v) is 4.70. The van der Waals surface area contributed by atoms with Crippen molar-refractivity contribution in [1.82, 2.24) is 4.98 Å². The fraction of sp³-hybridized carbons (Fsp3) is 0.300. The van der Waals surface area contributed by atoms with E-state index in [9.17, 15) is 9.18 Å². The van der Waals surface area contributed by atoms with Gasteiger partial charge < -0.3 is 10.2 Å². The minimum Gasteiger partial charge on any atom is -0.321 e. The number of nitrogens with one attached hydrogen (secondary N) is 2. The molecule has 0 spiro atoms. The molecule has 26 heavy (non-hydrogen) atoms. The monoisotopic (exact) mass is 370 g/mol. The maximum absolute atomic E-state index is 13.7. The van der Waals surface area contributed by atoms with Crippen LogP contribution in [0.4, 0.5) is 10.1 Å². The van der Waals surface area contributed by atoms with Crippen LogP contribution in [0.2, 0.25) is 0 Å². The van der Waals surface area contributed by atoms with Crippen LogP contribution < -0.4 is 10.2 Å². The lowest BCUT2D eigenvalue weighted by molar-refractivity contribution is -0.910. The van der Waals surface area contributed by atoms with Gasteiger partial charge in [0.15, 0.2) is 11.6 Å². The number of amides is 1. The van der Waals surface area contributed by atoms with E-state index in [-0.39, 0.29) is 17.8 Å². The highest BCUT2D eigenvalue weighted by molar-refractivity contribution is 7.18. The average molecular weight is 370 g/mol. The second-order valence-electron chi connectivity index (χ2n) is 6.81. The summed E-state index contributed by atoms with van der Waals surface area (Å²) in [7, 11) is 0. The molecule has 1 aliphatic rings. The summed E-state index contributed by atoms with van der Waals surface area (Å²) in [6, 6.07) is 13.2. The zero-order chi connectivity index (χ0) is 18.1. The van der Waals surface area contributed by atoms with Crippen molar-refractivity contribution in [1.29, 1.82) is 0 Å². The third-order valence-electron chi connectivity index (χ3n) is 4.94. The largest absolute Gasteiger partial charge is 0.321 e.